The van der Waals surface area contributed by atoms with Crippen molar-refractivity contribution in [2.75, 3.05) is 51.4 Å². The number of benzene rings is 1. The molecule has 0 fully saturated rings. The SMILES string of the molecule is Cn1c(COc2ccc(CO)cc2NC(=O)CNC(=O)CCOCCOCCNC(=O)CCN2C(=O)C=CC2=O)cnc1[N+](=O)[O-]. The molecule has 0 radical (unpaired) electrons. The fourth-order valence-corrected chi connectivity index (χ4v) is 3.95. The van der Waals surface area contributed by atoms with Gasteiger partial charge >= 0.3 is 5.95 Å². The molecular weight excluding hydrogens is 610 g/mol. The molecule has 2 aromatic rings. The van der Waals surface area contributed by atoms with Crippen LogP contribution in [0.15, 0.2) is 36.5 Å². The van der Waals surface area contributed by atoms with Crippen molar-refractivity contribution < 1.29 is 48.2 Å². The van der Waals surface area contributed by atoms with Gasteiger partial charge in [-0.25, -0.2) is 4.57 Å². The number of aromatic nitrogens is 2. The minimum Gasteiger partial charge on any atom is -0.484 e. The van der Waals surface area contributed by atoms with E-state index >= 15 is 0 Å². The summed E-state index contributed by atoms with van der Waals surface area (Å²) in [5.41, 5.74) is 1.15. The van der Waals surface area contributed by atoms with Crippen LogP contribution < -0.4 is 20.7 Å². The minimum atomic E-state index is -0.623. The molecule has 0 saturated heterocycles. The first-order valence-electron chi connectivity index (χ1n) is 14.1. The van der Waals surface area contributed by atoms with Gasteiger partial charge in [0.05, 0.1) is 52.3 Å². The number of imide groups is 1. The Hall–Kier alpha value is -5.20. The summed E-state index contributed by atoms with van der Waals surface area (Å²) in [6.45, 7) is 0.238. The maximum atomic E-state index is 12.5. The van der Waals surface area contributed by atoms with E-state index in [1.807, 2.05) is 0 Å². The zero-order valence-electron chi connectivity index (χ0n) is 25.1. The summed E-state index contributed by atoms with van der Waals surface area (Å²) in [7, 11) is 1.47. The van der Waals surface area contributed by atoms with Crippen molar-refractivity contribution in [2.45, 2.75) is 26.1 Å². The van der Waals surface area contributed by atoms with Crippen LogP contribution in [-0.4, -0.2) is 100 Å². The van der Waals surface area contributed by atoms with Gasteiger partial charge in [0.1, 0.15) is 18.6 Å². The molecule has 1 aliphatic heterocycles. The van der Waals surface area contributed by atoms with Crippen molar-refractivity contribution >= 4 is 41.2 Å². The molecule has 18 nitrogen and oxygen atoms in total. The normalized spacial score (nSPS) is 12.3. The summed E-state index contributed by atoms with van der Waals surface area (Å²) < 4.78 is 17.7. The van der Waals surface area contributed by atoms with E-state index in [1.165, 1.54) is 29.9 Å². The first kappa shape index (κ1) is 35.3. The van der Waals surface area contributed by atoms with Gasteiger partial charge < -0.3 is 45.4 Å². The van der Waals surface area contributed by atoms with Gasteiger partial charge in [-0.15, -0.1) is 0 Å². The molecule has 0 aliphatic carbocycles. The second kappa shape index (κ2) is 17.9. The fraction of sp³-hybridized carbons (Fsp3) is 0.429. The number of nitro groups is 1. The van der Waals surface area contributed by atoms with Gasteiger partial charge in [0.15, 0.2) is 5.69 Å². The molecule has 1 aliphatic rings. The summed E-state index contributed by atoms with van der Waals surface area (Å²) in [6.07, 6.45) is 3.60. The Labute approximate surface area is 262 Å². The first-order valence-corrected chi connectivity index (χ1v) is 14.1. The lowest BCUT2D eigenvalue weighted by Crippen LogP contribution is -2.35. The van der Waals surface area contributed by atoms with Gasteiger partial charge in [0.25, 0.3) is 11.8 Å². The van der Waals surface area contributed by atoms with Crippen molar-refractivity contribution in [3.63, 3.8) is 0 Å². The van der Waals surface area contributed by atoms with Crippen molar-refractivity contribution in [3.8, 4) is 5.75 Å². The first-order chi connectivity index (χ1) is 22.1. The number of carbonyl (C=O) groups is 5. The van der Waals surface area contributed by atoms with Gasteiger partial charge in [0, 0.05) is 38.1 Å². The average Bonchev–Trinajstić information content (AvgIpc) is 3.57. The molecule has 2 heterocycles. The number of ether oxygens (including phenoxy) is 3. The molecule has 0 atom stereocenters. The fourth-order valence-electron chi connectivity index (χ4n) is 3.95. The van der Waals surface area contributed by atoms with E-state index in [2.05, 4.69) is 20.9 Å². The van der Waals surface area contributed by atoms with Crippen molar-refractivity contribution in [2.24, 2.45) is 7.05 Å². The standard InChI is InChI=1S/C28H35N7O11/c1-33-20(15-31-28(33)35(42)43)18-46-22-3-2-19(17-36)14-21(22)32-25(39)16-30-24(38)7-10-44-12-13-45-11-8-29-23(37)6-9-34-26(40)4-5-27(34)41/h2-5,14-15,36H,6-13,16-18H2,1H3,(H,29,37)(H,30,38)(H,32,39). The van der Waals surface area contributed by atoms with Crippen LogP contribution in [0.1, 0.15) is 24.1 Å². The number of aliphatic hydroxyl groups is 1. The highest BCUT2D eigenvalue weighted by atomic mass is 16.6. The summed E-state index contributed by atoms with van der Waals surface area (Å²) >= 11 is 0. The number of carbonyl (C=O) groups excluding carboxylic acids is 5. The molecule has 3 rings (SSSR count). The lowest BCUT2D eigenvalue weighted by molar-refractivity contribution is -0.396. The second-order valence-electron chi connectivity index (χ2n) is 9.70. The van der Waals surface area contributed by atoms with Crippen molar-refractivity contribution in [1.82, 2.24) is 25.1 Å². The minimum absolute atomic E-state index is 0.00256. The van der Waals surface area contributed by atoms with Crippen LogP contribution in [0.2, 0.25) is 0 Å². The molecule has 46 heavy (non-hydrogen) atoms. The van der Waals surface area contributed by atoms with Gasteiger partial charge in [-0.3, -0.25) is 28.9 Å². The Morgan fingerprint density at radius 2 is 1.67 bits per heavy atom. The molecule has 0 bridgehead atoms. The predicted octanol–water partition coefficient (Wildman–Crippen LogP) is -0.691. The van der Waals surface area contributed by atoms with E-state index in [9.17, 15) is 39.2 Å². The maximum absolute atomic E-state index is 12.5. The quantitative estimate of drug-likeness (QED) is 0.0606. The van der Waals surface area contributed by atoms with Crippen LogP contribution in [0, 0.1) is 10.1 Å². The summed E-state index contributed by atoms with van der Waals surface area (Å²) in [6, 6.07) is 4.63. The van der Waals surface area contributed by atoms with Crippen molar-refractivity contribution in [1.29, 1.82) is 0 Å². The van der Waals surface area contributed by atoms with E-state index in [-0.39, 0.29) is 95.4 Å². The number of hydrogen-bond acceptors (Lipinski definition) is 12. The van der Waals surface area contributed by atoms with Gasteiger partial charge in [-0.05, 0) is 22.6 Å². The third kappa shape index (κ3) is 11.1. The van der Waals surface area contributed by atoms with E-state index in [0.717, 1.165) is 17.1 Å². The average molecular weight is 646 g/mol. The number of nitrogens with one attached hydrogen (secondary N) is 3. The number of nitrogens with zero attached hydrogens (tertiary/aromatic N) is 4. The lowest BCUT2D eigenvalue weighted by atomic mass is 10.2. The third-order valence-corrected chi connectivity index (χ3v) is 6.42. The molecule has 1 aromatic carbocycles. The summed E-state index contributed by atoms with van der Waals surface area (Å²) in [5.74, 6) is -2.29. The number of hydrogen-bond donors (Lipinski definition) is 4. The van der Waals surface area contributed by atoms with E-state index < -0.39 is 28.6 Å². The van der Waals surface area contributed by atoms with Gasteiger partial charge in [0.2, 0.25) is 17.7 Å². The van der Waals surface area contributed by atoms with Crippen LogP contribution >= 0.6 is 0 Å². The number of amides is 5. The van der Waals surface area contributed by atoms with Crippen molar-refractivity contribution in [3.05, 3.63) is 57.9 Å². The Kier molecular flexibility index (Phi) is 13.8. The van der Waals surface area contributed by atoms with E-state index in [0.29, 0.717) is 11.3 Å². The highest BCUT2D eigenvalue weighted by Crippen LogP contribution is 2.27. The molecule has 0 spiro atoms. The van der Waals surface area contributed by atoms with Crippen LogP contribution in [-0.2, 0) is 53.7 Å². The largest absolute Gasteiger partial charge is 0.484 e. The second-order valence-corrected chi connectivity index (χ2v) is 9.70. The molecular formula is C28H35N7O11. The van der Waals surface area contributed by atoms with Crippen LogP contribution in [0.4, 0.5) is 11.6 Å². The Balaban J connectivity index is 1.26. The number of anilines is 1. The molecule has 18 heteroatoms. The monoisotopic (exact) mass is 645 g/mol. The lowest BCUT2D eigenvalue weighted by Gasteiger charge is -2.14. The Bertz CT molecular complexity index is 1440. The highest BCUT2D eigenvalue weighted by Gasteiger charge is 2.23. The molecule has 5 amide bonds. The van der Waals surface area contributed by atoms with Crippen LogP contribution in [0.5, 0.6) is 5.75 Å². The van der Waals surface area contributed by atoms with Gasteiger partial charge in [-0.1, -0.05) is 11.1 Å². The molecule has 1 aromatic heterocycles. The summed E-state index contributed by atoms with van der Waals surface area (Å²) in [5, 5.41) is 28.2. The zero-order valence-corrected chi connectivity index (χ0v) is 25.1. The van der Waals surface area contributed by atoms with Crippen LogP contribution in [0.3, 0.4) is 0 Å². The van der Waals surface area contributed by atoms with Gasteiger partial charge in [-0.2, -0.15) is 0 Å². The summed E-state index contributed by atoms with van der Waals surface area (Å²) in [4.78, 5) is 74.5. The van der Waals surface area contributed by atoms with Crippen LogP contribution in [0.25, 0.3) is 0 Å². The molecule has 0 saturated carbocycles. The van der Waals surface area contributed by atoms with E-state index in [1.54, 1.807) is 6.07 Å². The Morgan fingerprint density at radius 3 is 2.35 bits per heavy atom. The van der Waals surface area contributed by atoms with E-state index in [4.69, 9.17) is 14.2 Å². The maximum Gasteiger partial charge on any atom is 0.434 e. The predicted molar refractivity (Wildman–Crippen MR) is 158 cm³/mol. The highest BCUT2D eigenvalue weighted by molar-refractivity contribution is 6.13. The number of imidazole rings is 1. The molecule has 248 valence electrons. The molecule has 0 unspecified atom stereocenters. The third-order valence-electron chi connectivity index (χ3n) is 6.42. The smallest absolute Gasteiger partial charge is 0.434 e. The Morgan fingerprint density at radius 1 is 0.978 bits per heavy atom. The molecule has 4 N–H and O–H groups in total. The number of rotatable bonds is 20. The zero-order chi connectivity index (χ0) is 33.5. The number of aliphatic hydroxyl groups excluding tert-OH is 1. The topological polar surface area (TPSA) is 234 Å².